The molecule has 2 N–H and O–H groups in total. The van der Waals surface area contributed by atoms with E-state index in [0.717, 1.165) is 12.8 Å². The van der Waals surface area contributed by atoms with Crippen LogP contribution in [0.3, 0.4) is 0 Å². The maximum Gasteiger partial charge on any atom is 0.239 e. The highest BCUT2D eigenvalue weighted by Gasteiger charge is 2.18. The van der Waals surface area contributed by atoms with E-state index in [4.69, 9.17) is 11.0 Å². The SMILES string of the molecule is CCCCC(N)C(=O)N(C)Cc1cc(C#N)ccc1F. The number of benzene rings is 1. The summed E-state index contributed by atoms with van der Waals surface area (Å²) >= 11 is 0. The van der Waals surface area contributed by atoms with Crippen LogP contribution in [0.2, 0.25) is 0 Å². The quantitative estimate of drug-likeness (QED) is 0.866. The summed E-state index contributed by atoms with van der Waals surface area (Å²) in [4.78, 5) is 13.4. The molecule has 1 unspecified atom stereocenters. The number of amides is 1. The van der Waals surface area contributed by atoms with Gasteiger partial charge in [0.25, 0.3) is 0 Å². The average Bonchev–Trinajstić information content (AvgIpc) is 2.46. The molecule has 0 saturated carbocycles. The van der Waals surface area contributed by atoms with Crippen molar-refractivity contribution >= 4 is 5.91 Å². The smallest absolute Gasteiger partial charge is 0.239 e. The highest BCUT2D eigenvalue weighted by molar-refractivity contribution is 5.81. The molecule has 0 bridgehead atoms. The fourth-order valence-electron chi connectivity index (χ4n) is 1.93. The largest absolute Gasteiger partial charge is 0.340 e. The van der Waals surface area contributed by atoms with Gasteiger partial charge in [0.1, 0.15) is 5.82 Å². The number of nitrogens with two attached hydrogens (primary N) is 1. The van der Waals surface area contributed by atoms with Crippen molar-refractivity contribution in [3.63, 3.8) is 0 Å². The van der Waals surface area contributed by atoms with Gasteiger partial charge in [-0.1, -0.05) is 19.8 Å². The van der Waals surface area contributed by atoms with Crippen LogP contribution in [0, 0.1) is 17.1 Å². The zero-order valence-corrected chi connectivity index (χ0v) is 11.9. The Hall–Kier alpha value is -1.93. The summed E-state index contributed by atoms with van der Waals surface area (Å²) in [6, 6.07) is 5.50. The molecule has 0 aliphatic carbocycles. The summed E-state index contributed by atoms with van der Waals surface area (Å²) in [5.41, 5.74) is 6.51. The predicted molar refractivity (Wildman–Crippen MR) is 75.1 cm³/mol. The van der Waals surface area contributed by atoms with Gasteiger partial charge in [0, 0.05) is 19.2 Å². The Labute approximate surface area is 119 Å². The van der Waals surface area contributed by atoms with Crippen LogP contribution in [0.1, 0.15) is 37.3 Å². The minimum atomic E-state index is -0.554. The Balaban J connectivity index is 2.73. The van der Waals surface area contributed by atoms with Gasteiger partial charge in [0.15, 0.2) is 0 Å². The molecule has 1 rings (SSSR count). The van der Waals surface area contributed by atoms with E-state index in [2.05, 4.69) is 0 Å². The van der Waals surface area contributed by atoms with Crippen LogP contribution in [-0.2, 0) is 11.3 Å². The average molecular weight is 277 g/mol. The number of hydrogen-bond donors (Lipinski definition) is 1. The molecule has 5 heteroatoms. The van der Waals surface area contributed by atoms with Crippen LogP contribution < -0.4 is 5.73 Å². The topological polar surface area (TPSA) is 70.1 Å². The second-order valence-electron chi connectivity index (χ2n) is 4.86. The molecule has 0 fully saturated rings. The van der Waals surface area contributed by atoms with Crippen LogP contribution in [0.4, 0.5) is 4.39 Å². The van der Waals surface area contributed by atoms with E-state index in [0.29, 0.717) is 17.5 Å². The Kier molecular flexibility index (Phi) is 6.13. The lowest BCUT2D eigenvalue weighted by Gasteiger charge is -2.21. The van der Waals surface area contributed by atoms with Gasteiger partial charge in [-0.25, -0.2) is 4.39 Å². The zero-order valence-electron chi connectivity index (χ0n) is 11.9. The third-order valence-electron chi connectivity index (χ3n) is 3.14. The monoisotopic (exact) mass is 277 g/mol. The summed E-state index contributed by atoms with van der Waals surface area (Å²) in [6.07, 6.45) is 2.49. The lowest BCUT2D eigenvalue weighted by Crippen LogP contribution is -2.41. The first kappa shape index (κ1) is 16.1. The van der Waals surface area contributed by atoms with Gasteiger partial charge in [0.05, 0.1) is 17.7 Å². The van der Waals surface area contributed by atoms with Crippen LogP contribution in [0.15, 0.2) is 18.2 Å². The van der Waals surface area contributed by atoms with Gasteiger partial charge in [0.2, 0.25) is 5.91 Å². The highest BCUT2D eigenvalue weighted by Crippen LogP contribution is 2.13. The number of carbonyl (C=O) groups excluding carboxylic acids is 1. The van der Waals surface area contributed by atoms with E-state index in [1.165, 1.54) is 23.1 Å². The van der Waals surface area contributed by atoms with E-state index in [9.17, 15) is 9.18 Å². The molecular weight excluding hydrogens is 257 g/mol. The Morgan fingerprint density at radius 2 is 2.25 bits per heavy atom. The molecule has 0 aromatic heterocycles. The van der Waals surface area contributed by atoms with Crippen molar-refractivity contribution in [2.24, 2.45) is 5.73 Å². The molecule has 0 aliphatic heterocycles. The molecule has 0 spiro atoms. The fourth-order valence-corrected chi connectivity index (χ4v) is 1.93. The van der Waals surface area contributed by atoms with E-state index in [1.54, 1.807) is 7.05 Å². The summed E-state index contributed by atoms with van der Waals surface area (Å²) in [5.74, 6) is -0.633. The zero-order chi connectivity index (χ0) is 15.1. The van der Waals surface area contributed by atoms with E-state index < -0.39 is 11.9 Å². The van der Waals surface area contributed by atoms with Crippen LogP contribution in [-0.4, -0.2) is 23.9 Å². The lowest BCUT2D eigenvalue weighted by atomic mass is 10.1. The van der Waals surface area contributed by atoms with Crippen molar-refractivity contribution in [1.82, 2.24) is 4.90 Å². The second-order valence-corrected chi connectivity index (χ2v) is 4.86. The molecule has 108 valence electrons. The minimum absolute atomic E-state index is 0.111. The maximum absolute atomic E-state index is 13.7. The van der Waals surface area contributed by atoms with Gasteiger partial charge < -0.3 is 10.6 Å². The first-order chi connectivity index (χ1) is 9.49. The van der Waals surface area contributed by atoms with Crippen molar-refractivity contribution < 1.29 is 9.18 Å². The van der Waals surface area contributed by atoms with Crippen molar-refractivity contribution in [3.8, 4) is 6.07 Å². The summed E-state index contributed by atoms with van der Waals surface area (Å²) in [5, 5.41) is 8.81. The molecule has 0 heterocycles. The third-order valence-corrected chi connectivity index (χ3v) is 3.14. The second kappa shape index (κ2) is 7.61. The first-order valence-corrected chi connectivity index (χ1v) is 6.68. The molecule has 4 nitrogen and oxygen atoms in total. The Morgan fingerprint density at radius 3 is 2.85 bits per heavy atom. The molecule has 1 amide bonds. The van der Waals surface area contributed by atoms with Gasteiger partial charge in [-0.15, -0.1) is 0 Å². The number of hydrogen-bond acceptors (Lipinski definition) is 3. The number of halogens is 1. The summed E-state index contributed by atoms with van der Waals surface area (Å²) in [7, 11) is 1.59. The van der Waals surface area contributed by atoms with Gasteiger partial charge in [-0.3, -0.25) is 4.79 Å². The van der Waals surface area contributed by atoms with Crippen LogP contribution >= 0.6 is 0 Å². The van der Waals surface area contributed by atoms with Crippen LogP contribution in [0.5, 0.6) is 0 Å². The number of nitriles is 1. The lowest BCUT2D eigenvalue weighted by molar-refractivity contribution is -0.132. The summed E-state index contributed by atoms with van der Waals surface area (Å²) < 4.78 is 13.7. The van der Waals surface area contributed by atoms with Crippen molar-refractivity contribution in [1.29, 1.82) is 5.26 Å². The van der Waals surface area contributed by atoms with Gasteiger partial charge in [-0.05, 0) is 24.6 Å². The number of rotatable bonds is 6. The number of nitrogens with zero attached hydrogens (tertiary/aromatic N) is 2. The number of unbranched alkanes of at least 4 members (excludes halogenated alkanes) is 1. The molecular formula is C15H20FN3O. The minimum Gasteiger partial charge on any atom is -0.340 e. The molecule has 1 atom stereocenters. The van der Waals surface area contributed by atoms with Gasteiger partial charge in [-0.2, -0.15) is 5.26 Å². The van der Waals surface area contributed by atoms with E-state index >= 15 is 0 Å². The molecule has 1 aromatic carbocycles. The number of likely N-dealkylation sites (N-methyl/N-ethyl adjacent to an activating group) is 1. The predicted octanol–water partition coefficient (Wildman–Crippen LogP) is 2.17. The highest BCUT2D eigenvalue weighted by atomic mass is 19.1. The molecule has 0 aliphatic rings. The first-order valence-electron chi connectivity index (χ1n) is 6.68. The normalized spacial score (nSPS) is 11.8. The van der Waals surface area contributed by atoms with Gasteiger partial charge >= 0.3 is 0 Å². The fraction of sp³-hybridized carbons (Fsp3) is 0.467. The molecule has 1 aromatic rings. The van der Waals surface area contributed by atoms with E-state index in [1.807, 2.05) is 13.0 Å². The van der Waals surface area contributed by atoms with Crippen molar-refractivity contribution in [3.05, 3.63) is 35.1 Å². The standard InChI is InChI=1S/C15H20FN3O/c1-3-4-5-14(18)15(20)19(2)10-12-8-11(9-17)6-7-13(12)16/h6-8,14H,3-5,10,18H2,1-2H3. The van der Waals surface area contributed by atoms with Crippen LogP contribution in [0.25, 0.3) is 0 Å². The Bertz CT molecular complexity index is 510. The van der Waals surface area contributed by atoms with Crippen molar-refractivity contribution in [2.75, 3.05) is 7.05 Å². The molecule has 20 heavy (non-hydrogen) atoms. The Morgan fingerprint density at radius 1 is 1.55 bits per heavy atom. The molecule has 0 saturated heterocycles. The maximum atomic E-state index is 13.7. The van der Waals surface area contributed by atoms with Crippen molar-refractivity contribution in [2.45, 2.75) is 38.8 Å². The third kappa shape index (κ3) is 4.32. The number of carbonyl (C=O) groups is 1. The van der Waals surface area contributed by atoms with E-state index in [-0.39, 0.29) is 12.5 Å². The molecule has 0 radical (unpaired) electrons. The summed E-state index contributed by atoms with van der Waals surface area (Å²) in [6.45, 7) is 2.14.